The molecule has 0 aliphatic rings. The van der Waals surface area contributed by atoms with Crippen molar-refractivity contribution in [1.29, 1.82) is 0 Å². The van der Waals surface area contributed by atoms with E-state index in [1.54, 1.807) is 19.2 Å². The summed E-state index contributed by atoms with van der Waals surface area (Å²) in [6, 6.07) is 17.1. The van der Waals surface area contributed by atoms with Gasteiger partial charge in [0.1, 0.15) is 5.75 Å². The lowest BCUT2D eigenvalue weighted by Gasteiger charge is -2.11. The summed E-state index contributed by atoms with van der Waals surface area (Å²) in [6.07, 6.45) is 1.46. The summed E-state index contributed by atoms with van der Waals surface area (Å²) < 4.78 is 11.0. The fraction of sp³-hybridized carbons (Fsp3) is 0.286. The van der Waals surface area contributed by atoms with Gasteiger partial charge >= 0.3 is 0 Å². The first-order chi connectivity index (χ1) is 14.2. The molecule has 0 radical (unpaired) electrons. The second-order valence-corrected chi connectivity index (χ2v) is 6.65. The first-order valence-electron chi connectivity index (χ1n) is 9.45. The van der Waals surface area contributed by atoms with Gasteiger partial charge < -0.3 is 19.9 Å². The molecule has 0 fully saturated rings. The summed E-state index contributed by atoms with van der Waals surface area (Å²) in [5.74, 6) is 2.72. The van der Waals surface area contributed by atoms with Crippen LogP contribution < -0.4 is 15.4 Å². The number of para-hydroxylation sites is 1. The van der Waals surface area contributed by atoms with Gasteiger partial charge in [-0.2, -0.15) is 4.98 Å². The largest absolute Gasteiger partial charge is 0.494 e. The minimum atomic E-state index is 0.553. The van der Waals surface area contributed by atoms with Gasteiger partial charge in [-0.05, 0) is 42.8 Å². The number of aliphatic imine (C=N–C) groups is 1. The van der Waals surface area contributed by atoms with Crippen LogP contribution in [0.15, 0.2) is 64.1 Å². The lowest BCUT2D eigenvalue weighted by Crippen LogP contribution is -2.39. The third kappa shape index (κ3) is 6.80. The van der Waals surface area contributed by atoms with Crippen LogP contribution in [-0.2, 0) is 6.42 Å². The smallest absolute Gasteiger partial charge is 0.228 e. The van der Waals surface area contributed by atoms with Gasteiger partial charge in [0.15, 0.2) is 5.96 Å². The number of halogens is 1. The van der Waals surface area contributed by atoms with Crippen LogP contribution in [0.2, 0.25) is 5.02 Å². The molecule has 0 amide bonds. The fourth-order valence-electron chi connectivity index (χ4n) is 2.57. The minimum Gasteiger partial charge on any atom is -0.494 e. The normalized spacial score (nSPS) is 11.3. The molecular formula is C21H24ClN5O2. The zero-order chi connectivity index (χ0) is 20.3. The SMILES string of the molecule is CN=C(NCCCOc1ccccc1)NCCc1nc(-c2ccc(Cl)cc2)no1. The lowest BCUT2D eigenvalue weighted by molar-refractivity contribution is 0.311. The predicted molar refractivity (Wildman–Crippen MR) is 114 cm³/mol. The third-order valence-corrected chi connectivity index (χ3v) is 4.30. The Labute approximate surface area is 175 Å². The number of guanidine groups is 1. The number of nitrogens with zero attached hydrogens (tertiary/aromatic N) is 3. The van der Waals surface area contributed by atoms with Crippen molar-refractivity contribution in [3.63, 3.8) is 0 Å². The van der Waals surface area contributed by atoms with Gasteiger partial charge in [-0.1, -0.05) is 35.0 Å². The molecule has 0 bridgehead atoms. The van der Waals surface area contributed by atoms with E-state index in [9.17, 15) is 0 Å². The highest BCUT2D eigenvalue weighted by atomic mass is 35.5. The molecule has 0 saturated heterocycles. The van der Waals surface area contributed by atoms with Crippen LogP contribution in [0.5, 0.6) is 5.75 Å². The molecule has 29 heavy (non-hydrogen) atoms. The molecule has 1 heterocycles. The number of ether oxygens (including phenoxy) is 1. The zero-order valence-electron chi connectivity index (χ0n) is 16.3. The number of rotatable bonds is 9. The maximum absolute atomic E-state index is 5.90. The highest BCUT2D eigenvalue weighted by Gasteiger charge is 2.08. The molecule has 0 saturated carbocycles. The van der Waals surface area contributed by atoms with Gasteiger partial charge in [0.25, 0.3) is 0 Å². The average Bonchev–Trinajstić information content (AvgIpc) is 3.22. The second-order valence-electron chi connectivity index (χ2n) is 6.21. The second kappa shape index (κ2) is 11.1. The Kier molecular flexibility index (Phi) is 7.89. The molecule has 1 aromatic heterocycles. The minimum absolute atomic E-state index is 0.553. The molecule has 2 N–H and O–H groups in total. The topological polar surface area (TPSA) is 84.6 Å². The monoisotopic (exact) mass is 413 g/mol. The summed E-state index contributed by atoms with van der Waals surface area (Å²) in [6.45, 7) is 2.03. The quantitative estimate of drug-likeness (QED) is 0.317. The van der Waals surface area contributed by atoms with E-state index in [0.29, 0.717) is 36.3 Å². The Hall–Kier alpha value is -3.06. The van der Waals surface area contributed by atoms with Crippen molar-refractivity contribution < 1.29 is 9.26 Å². The van der Waals surface area contributed by atoms with E-state index in [2.05, 4.69) is 25.8 Å². The van der Waals surface area contributed by atoms with E-state index in [1.165, 1.54) is 0 Å². The molecule has 0 aliphatic heterocycles. The highest BCUT2D eigenvalue weighted by Crippen LogP contribution is 2.18. The van der Waals surface area contributed by atoms with Gasteiger partial charge in [0.2, 0.25) is 11.7 Å². The van der Waals surface area contributed by atoms with E-state index in [-0.39, 0.29) is 0 Å². The first kappa shape index (κ1) is 20.7. The Morgan fingerprint density at radius 1 is 1.07 bits per heavy atom. The van der Waals surface area contributed by atoms with Crippen LogP contribution >= 0.6 is 11.6 Å². The van der Waals surface area contributed by atoms with Gasteiger partial charge in [-0.25, -0.2) is 0 Å². The van der Waals surface area contributed by atoms with Gasteiger partial charge in [0.05, 0.1) is 6.61 Å². The molecule has 0 spiro atoms. The number of aromatic nitrogens is 2. The summed E-state index contributed by atoms with van der Waals surface area (Å²) in [4.78, 5) is 8.62. The molecule has 3 rings (SSSR count). The van der Waals surface area contributed by atoms with Crippen LogP contribution in [-0.4, -0.2) is 42.8 Å². The van der Waals surface area contributed by atoms with Crippen molar-refractivity contribution in [3.05, 3.63) is 65.5 Å². The van der Waals surface area contributed by atoms with Crippen LogP contribution in [0.3, 0.4) is 0 Å². The Morgan fingerprint density at radius 3 is 2.59 bits per heavy atom. The Bertz CT molecular complexity index is 897. The van der Waals surface area contributed by atoms with Crippen molar-refractivity contribution in [2.45, 2.75) is 12.8 Å². The van der Waals surface area contributed by atoms with Crippen LogP contribution in [0.1, 0.15) is 12.3 Å². The molecule has 8 heteroatoms. The van der Waals surface area contributed by atoms with E-state index < -0.39 is 0 Å². The van der Waals surface area contributed by atoms with Crippen LogP contribution in [0, 0.1) is 0 Å². The molecule has 152 valence electrons. The van der Waals surface area contributed by atoms with Crippen LogP contribution in [0.25, 0.3) is 11.4 Å². The average molecular weight is 414 g/mol. The standard InChI is InChI=1S/C21H24ClN5O2/c1-23-21(24-13-5-15-28-18-6-3-2-4-7-18)25-14-12-19-26-20(27-29-19)16-8-10-17(22)11-9-16/h2-4,6-11H,5,12-15H2,1H3,(H2,23,24,25). The number of hydrogen-bond acceptors (Lipinski definition) is 5. The highest BCUT2D eigenvalue weighted by molar-refractivity contribution is 6.30. The van der Waals surface area contributed by atoms with Crippen molar-refractivity contribution in [2.24, 2.45) is 4.99 Å². The van der Waals surface area contributed by atoms with Gasteiger partial charge in [-0.3, -0.25) is 4.99 Å². The van der Waals surface area contributed by atoms with Crippen molar-refractivity contribution in [3.8, 4) is 17.1 Å². The van der Waals surface area contributed by atoms with Crippen molar-refractivity contribution >= 4 is 17.6 Å². The van der Waals surface area contributed by atoms with Gasteiger partial charge in [-0.15, -0.1) is 0 Å². The first-order valence-corrected chi connectivity index (χ1v) is 9.83. The van der Waals surface area contributed by atoms with E-state index >= 15 is 0 Å². The van der Waals surface area contributed by atoms with Crippen molar-refractivity contribution in [2.75, 3.05) is 26.7 Å². The third-order valence-electron chi connectivity index (χ3n) is 4.05. The summed E-state index contributed by atoms with van der Waals surface area (Å²) in [7, 11) is 1.74. The van der Waals surface area contributed by atoms with Crippen molar-refractivity contribution in [1.82, 2.24) is 20.8 Å². The number of hydrogen-bond donors (Lipinski definition) is 2. The molecule has 7 nitrogen and oxygen atoms in total. The molecule has 2 aromatic carbocycles. The van der Waals surface area contributed by atoms with Crippen LogP contribution in [0.4, 0.5) is 0 Å². The molecule has 0 atom stereocenters. The summed E-state index contributed by atoms with van der Waals surface area (Å²) in [5.41, 5.74) is 0.868. The van der Waals surface area contributed by atoms with E-state index in [1.807, 2.05) is 42.5 Å². The maximum Gasteiger partial charge on any atom is 0.228 e. The maximum atomic E-state index is 5.90. The number of nitrogens with one attached hydrogen (secondary N) is 2. The Morgan fingerprint density at radius 2 is 1.83 bits per heavy atom. The van der Waals surface area contributed by atoms with E-state index in [0.717, 1.165) is 30.2 Å². The molecular weight excluding hydrogens is 390 g/mol. The summed E-state index contributed by atoms with van der Waals surface area (Å²) in [5, 5.41) is 11.2. The fourth-order valence-corrected chi connectivity index (χ4v) is 2.69. The Balaban J connectivity index is 1.34. The zero-order valence-corrected chi connectivity index (χ0v) is 17.0. The lowest BCUT2D eigenvalue weighted by atomic mass is 10.2. The summed E-state index contributed by atoms with van der Waals surface area (Å²) >= 11 is 5.90. The number of benzene rings is 2. The molecule has 0 aliphatic carbocycles. The predicted octanol–water partition coefficient (Wildman–Crippen LogP) is 3.57. The van der Waals surface area contributed by atoms with E-state index in [4.69, 9.17) is 20.9 Å². The molecule has 0 unspecified atom stereocenters. The molecule has 3 aromatic rings. The van der Waals surface area contributed by atoms with Gasteiger partial charge in [0, 0.05) is 37.1 Å².